The molecule has 17 heavy (non-hydrogen) atoms. The van der Waals surface area contributed by atoms with E-state index in [1.165, 1.54) is 0 Å². The van der Waals surface area contributed by atoms with Gasteiger partial charge in [0.2, 0.25) is 0 Å². The molecular weight excluding hydrogens is 228 g/mol. The van der Waals surface area contributed by atoms with Crippen LogP contribution in [0.25, 0.3) is 0 Å². The molecule has 1 aliphatic rings. The van der Waals surface area contributed by atoms with Crippen LogP contribution in [0.5, 0.6) is 0 Å². The van der Waals surface area contributed by atoms with E-state index >= 15 is 0 Å². The van der Waals surface area contributed by atoms with E-state index in [9.17, 15) is 5.26 Å². The Kier molecular flexibility index (Phi) is 3.20. The second-order valence-corrected chi connectivity index (χ2v) is 6.74. The van der Waals surface area contributed by atoms with Gasteiger partial charge in [0.15, 0.2) is 0 Å². The van der Waals surface area contributed by atoms with Gasteiger partial charge in [-0.3, -0.25) is 5.32 Å². The van der Waals surface area contributed by atoms with Crippen molar-refractivity contribution in [2.75, 3.05) is 5.75 Å². The van der Waals surface area contributed by atoms with Crippen LogP contribution in [-0.4, -0.2) is 16.5 Å². The van der Waals surface area contributed by atoms with E-state index in [0.717, 1.165) is 11.3 Å². The fraction of sp³-hybridized carbons (Fsp3) is 0.500. The van der Waals surface area contributed by atoms with E-state index in [1.54, 1.807) is 0 Å². The average molecular weight is 246 g/mol. The van der Waals surface area contributed by atoms with Crippen molar-refractivity contribution in [3.8, 4) is 6.07 Å². The lowest BCUT2D eigenvalue weighted by Gasteiger charge is -2.48. The van der Waals surface area contributed by atoms with Crippen LogP contribution in [-0.2, 0) is 5.54 Å². The Morgan fingerprint density at radius 3 is 2.59 bits per heavy atom. The van der Waals surface area contributed by atoms with Gasteiger partial charge in [-0.15, -0.1) is 0 Å². The van der Waals surface area contributed by atoms with Gasteiger partial charge in [0.05, 0.1) is 6.07 Å². The number of hydrogen-bond acceptors (Lipinski definition) is 3. The van der Waals surface area contributed by atoms with Crippen molar-refractivity contribution in [1.29, 1.82) is 5.26 Å². The quantitative estimate of drug-likeness (QED) is 0.827. The number of nitriles is 1. The molecule has 1 saturated heterocycles. The molecule has 0 radical (unpaired) electrons. The SMILES string of the molecule is CC1CSC(C)(C)C(C#N)(c2ccccc2)N1. The van der Waals surface area contributed by atoms with E-state index < -0.39 is 5.54 Å². The first-order valence-electron chi connectivity index (χ1n) is 5.90. The van der Waals surface area contributed by atoms with Crippen molar-refractivity contribution in [1.82, 2.24) is 5.32 Å². The molecule has 2 unspecified atom stereocenters. The summed E-state index contributed by atoms with van der Waals surface area (Å²) in [6, 6.07) is 12.9. The lowest BCUT2D eigenvalue weighted by molar-refractivity contribution is 0.308. The first-order valence-corrected chi connectivity index (χ1v) is 6.89. The minimum atomic E-state index is -0.601. The summed E-state index contributed by atoms with van der Waals surface area (Å²) in [4.78, 5) is 0. The standard InChI is InChI=1S/C14H18N2S/c1-11-9-17-13(2,3)14(10-15,16-11)12-7-5-4-6-8-12/h4-8,11,16H,9H2,1-3H3. The zero-order chi connectivity index (χ0) is 12.5. The number of rotatable bonds is 1. The lowest BCUT2D eigenvalue weighted by atomic mass is 9.79. The van der Waals surface area contributed by atoms with E-state index in [1.807, 2.05) is 42.1 Å². The maximum atomic E-state index is 9.72. The number of benzene rings is 1. The van der Waals surface area contributed by atoms with E-state index in [-0.39, 0.29) is 4.75 Å². The van der Waals surface area contributed by atoms with Crippen LogP contribution in [0.15, 0.2) is 30.3 Å². The van der Waals surface area contributed by atoms with Crippen molar-refractivity contribution >= 4 is 11.8 Å². The van der Waals surface area contributed by atoms with Gasteiger partial charge < -0.3 is 0 Å². The van der Waals surface area contributed by atoms with Crippen LogP contribution in [0.1, 0.15) is 26.3 Å². The van der Waals surface area contributed by atoms with Crippen LogP contribution in [0.4, 0.5) is 0 Å². The molecule has 3 heteroatoms. The third-order valence-electron chi connectivity index (χ3n) is 3.43. The molecule has 1 N–H and O–H groups in total. The molecule has 0 aliphatic carbocycles. The van der Waals surface area contributed by atoms with Gasteiger partial charge in [0.1, 0.15) is 5.54 Å². The lowest BCUT2D eigenvalue weighted by Crippen LogP contribution is -2.61. The predicted octanol–water partition coefficient (Wildman–Crippen LogP) is 2.91. The zero-order valence-corrected chi connectivity index (χ0v) is 11.3. The molecule has 0 saturated carbocycles. The monoisotopic (exact) mass is 246 g/mol. The first kappa shape index (κ1) is 12.5. The summed E-state index contributed by atoms with van der Waals surface area (Å²) < 4.78 is -0.129. The third kappa shape index (κ3) is 1.96. The van der Waals surface area contributed by atoms with Crippen molar-refractivity contribution in [2.24, 2.45) is 0 Å². The van der Waals surface area contributed by atoms with Crippen molar-refractivity contribution in [3.63, 3.8) is 0 Å². The van der Waals surface area contributed by atoms with Gasteiger partial charge in [0, 0.05) is 16.5 Å². The van der Waals surface area contributed by atoms with Crippen LogP contribution < -0.4 is 5.32 Å². The Morgan fingerprint density at radius 2 is 2.00 bits per heavy atom. The highest BCUT2D eigenvalue weighted by molar-refractivity contribution is 8.00. The van der Waals surface area contributed by atoms with Crippen LogP contribution in [0, 0.1) is 11.3 Å². The molecule has 2 atom stereocenters. The van der Waals surface area contributed by atoms with Gasteiger partial charge >= 0.3 is 0 Å². The Labute approximate surface area is 107 Å². The van der Waals surface area contributed by atoms with Gasteiger partial charge in [-0.05, 0) is 26.3 Å². The third-order valence-corrected chi connectivity index (χ3v) is 5.13. The highest BCUT2D eigenvalue weighted by Gasteiger charge is 2.50. The fourth-order valence-corrected chi connectivity index (χ4v) is 3.57. The first-order chi connectivity index (χ1) is 8.02. The molecule has 0 amide bonds. The summed E-state index contributed by atoms with van der Waals surface area (Å²) in [5.41, 5.74) is 0.461. The summed E-state index contributed by atoms with van der Waals surface area (Å²) >= 11 is 1.87. The highest BCUT2D eigenvalue weighted by Crippen LogP contribution is 2.45. The summed E-state index contributed by atoms with van der Waals surface area (Å²) in [5.74, 6) is 1.04. The summed E-state index contributed by atoms with van der Waals surface area (Å²) in [7, 11) is 0. The van der Waals surface area contributed by atoms with Crippen molar-refractivity contribution < 1.29 is 0 Å². The Morgan fingerprint density at radius 1 is 1.35 bits per heavy atom. The number of nitrogens with one attached hydrogen (secondary N) is 1. The molecule has 2 nitrogen and oxygen atoms in total. The van der Waals surface area contributed by atoms with Gasteiger partial charge in [0.25, 0.3) is 0 Å². The Bertz CT molecular complexity index is 435. The van der Waals surface area contributed by atoms with Crippen molar-refractivity contribution in [2.45, 2.75) is 37.1 Å². The largest absolute Gasteiger partial charge is 0.291 e. The molecule has 2 rings (SSSR count). The Balaban J connectivity index is 2.52. The molecule has 1 aliphatic heterocycles. The summed E-state index contributed by atoms with van der Waals surface area (Å²) in [5, 5.41) is 13.2. The highest BCUT2D eigenvalue weighted by atomic mass is 32.2. The van der Waals surface area contributed by atoms with Crippen molar-refractivity contribution in [3.05, 3.63) is 35.9 Å². The molecule has 1 aromatic rings. The number of hydrogen-bond donors (Lipinski definition) is 1. The summed E-state index contributed by atoms with van der Waals surface area (Å²) in [6.07, 6.45) is 0. The number of nitrogens with zero attached hydrogens (tertiary/aromatic N) is 1. The Hall–Kier alpha value is -0.980. The average Bonchev–Trinajstić information content (AvgIpc) is 2.33. The second-order valence-electron chi connectivity index (χ2n) is 5.09. The molecule has 90 valence electrons. The topological polar surface area (TPSA) is 35.8 Å². The van der Waals surface area contributed by atoms with Crippen LogP contribution >= 0.6 is 11.8 Å². The van der Waals surface area contributed by atoms with Crippen LogP contribution in [0.2, 0.25) is 0 Å². The van der Waals surface area contributed by atoms with Gasteiger partial charge in [-0.1, -0.05) is 30.3 Å². The minimum Gasteiger partial charge on any atom is -0.291 e. The fourth-order valence-electron chi connectivity index (χ4n) is 2.38. The van der Waals surface area contributed by atoms with E-state index in [2.05, 4.69) is 32.2 Å². The smallest absolute Gasteiger partial charge is 0.146 e. The predicted molar refractivity (Wildman–Crippen MR) is 72.9 cm³/mol. The minimum absolute atomic E-state index is 0.129. The zero-order valence-electron chi connectivity index (χ0n) is 10.5. The molecule has 0 aromatic heterocycles. The van der Waals surface area contributed by atoms with Gasteiger partial charge in [-0.25, -0.2) is 0 Å². The molecule has 1 aromatic carbocycles. The maximum absolute atomic E-state index is 9.72. The molecule has 0 spiro atoms. The number of thioether (sulfide) groups is 1. The maximum Gasteiger partial charge on any atom is 0.146 e. The van der Waals surface area contributed by atoms with Crippen LogP contribution in [0.3, 0.4) is 0 Å². The van der Waals surface area contributed by atoms with Gasteiger partial charge in [-0.2, -0.15) is 17.0 Å². The molecule has 1 fully saturated rings. The molecule has 1 heterocycles. The second kappa shape index (κ2) is 4.36. The summed E-state index contributed by atoms with van der Waals surface area (Å²) in [6.45, 7) is 6.43. The normalized spacial score (nSPS) is 31.8. The molecular formula is C14H18N2S. The van der Waals surface area contributed by atoms with E-state index in [0.29, 0.717) is 6.04 Å². The molecule has 0 bridgehead atoms. The van der Waals surface area contributed by atoms with E-state index in [4.69, 9.17) is 0 Å².